The Morgan fingerprint density at radius 3 is 2.90 bits per heavy atom. The Morgan fingerprint density at radius 2 is 2.15 bits per heavy atom. The van der Waals surface area contributed by atoms with E-state index >= 15 is 0 Å². The number of fused-ring (bicyclic) bond motifs is 1. The molecule has 0 aliphatic rings. The van der Waals surface area contributed by atoms with Crippen LogP contribution in [0.4, 0.5) is 0 Å². The second-order valence-electron chi connectivity index (χ2n) is 4.46. The number of halogens is 1. The van der Waals surface area contributed by atoms with E-state index in [2.05, 4.69) is 20.9 Å². The van der Waals surface area contributed by atoms with E-state index in [9.17, 15) is 0 Å². The fraction of sp³-hybridized carbons (Fsp3) is 0.133. The van der Waals surface area contributed by atoms with E-state index in [0.717, 1.165) is 27.1 Å². The summed E-state index contributed by atoms with van der Waals surface area (Å²) in [4.78, 5) is 4.49. The van der Waals surface area contributed by atoms with E-state index in [1.54, 1.807) is 0 Å². The van der Waals surface area contributed by atoms with E-state index in [1.165, 1.54) is 0 Å². The molecule has 0 fully saturated rings. The molecule has 0 saturated heterocycles. The van der Waals surface area contributed by atoms with Crippen molar-refractivity contribution in [1.29, 1.82) is 0 Å². The molecule has 4 nitrogen and oxygen atoms in total. The highest BCUT2D eigenvalue weighted by Gasteiger charge is 2.05. The van der Waals surface area contributed by atoms with E-state index < -0.39 is 0 Å². The standard InChI is InChI=1S/C15H14BrN3O/c16-13-7-11(8-17)4-5-14(13)20-10-12-9-19-6-2-1-3-15(19)18-12/h1-7,9H,8,10,17H2. The van der Waals surface area contributed by atoms with Crippen molar-refractivity contribution >= 4 is 21.6 Å². The lowest BCUT2D eigenvalue weighted by molar-refractivity contribution is 0.300. The highest BCUT2D eigenvalue weighted by molar-refractivity contribution is 9.10. The number of rotatable bonds is 4. The maximum Gasteiger partial charge on any atom is 0.137 e. The lowest BCUT2D eigenvalue weighted by Crippen LogP contribution is -1.99. The van der Waals surface area contributed by atoms with Crippen molar-refractivity contribution in [1.82, 2.24) is 9.38 Å². The lowest BCUT2D eigenvalue weighted by atomic mass is 10.2. The number of benzene rings is 1. The zero-order valence-corrected chi connectivity index (χ0v) is 12.4. The molecular formula is C15H14BrN3O. The van der Waals surface area contributed by atoms with Crippen LogP contribution < -0.4 is 10.5 Å². The minimum absolute atomic E-state index is 0.433. The van der Waals surface area contributed by atoms with Gasteiger partial charge in [-0.25, -0.2) is 4.98 Å². The van der Waals surface area contributed by atoms with Gasteiger partial charge in [0.2, 0.25) is 0 Å². The summed E-state index contributed by atoms with van der Waals surface area (Å²) in [5.41, 5.74) is 8.48. The van der Waals surface area contributed by atoms with Crippen LogP contribution in [0.5, 0.6) is 5.75 Å². The van der Waals surface area contributed by atoms with Gasteiger partial charge in [-0.15, -0.1) is 0 Å². The van der Waals surface area contributed by atoms with Crippen LogP contribution in [0.1, 0.15) is 11.3 Å². The zero-order valence-electron chi connectivity index (χ0n) is 10.8. The van der Waals surface area contributed by atoms with Gasteiger partial charge in [0.1, 0.15) is 18.0 Å². The highest BCUT2D eigenvalue weighted by Crippen LogP contribution is 2.26. The molecule has 0 amide bonds. The van der Waals surface area contributed by atoms with Gasteiger partial charge in [-0.05, 0) is 45.8 Å². The molecule has 0 bridgehead atoms. The van der Waals surface area contributed by atoms with E-state index in [-0.39, 0.29) is 0 Å². The number of nitrogens with two attached hydrogens (primary N) is 1. The molecule has 1 aromatic carbocycles. The first kappa shape index (κ1) is 13.1. The van der Waals surface area contributed by atoms with Crippen LogP contribution in [0, 0.1) is 0 Å². The number of hydrogen-bond acceptors (Lipinski definition) is 3. The molecular weight excluding hydrogens is 318 g/mol. The number of aromatic nitrogens is 2. The molecule has 2 heterocycles. The second-order valence-corrected chi connectivity index (χ2v) is 5.31. The molecule has 2 aromatic heterocycles. The van der Waals surface area contributed by atoms with Crippen LogP contribution in [-0.2, 0) is 13.2 Å². The van der Waals surface area contributed by atoms with Gasteiger partial charge in [0.25, 0.3) is 0 Å². The molecule has 0 unspecified atom stereocenters. The monoisotopic (exact) mass is 331 g/mol. The summed E-state index contributed by atoms with van der Waals surface area (Å²) in [7, 11) is 0. The first-order valence-corrected chi connectivity index (χ1v) is 7.09. The summed E-state index contributed by atoms with van der Waals surface area (Å²) in [5, 5.41) is 0. The number of pyridine rings is 1. The molecule has 20 heavy (non-hydrogen) atoms. The number of nitrogens with zero attached hydrogens (tertiary/aromatic N) is 2. The van der Waals surface area contributed by atoms with Gasteiger partial charge in [-0.3, -0.25) is 0 Å². The van der Waals surface area contributed by atoms with Crippen molar-refractivity contribution in [2.75, 3.05) is 0 Å². The summed E-state index contributed by atoms with van der Waals surface area (Å²) in [6.45, 7) is 0.952. The average molecular weight is 332 g/mol. The van der Waals surface area contributed by atoms with Crippen LogP contribution in [0.2, 0.25) is 0 Å². The van der Waals surface area contributed by atoms with Gasteiger partial charge in [-0.1, -0.05) is 12.1 Å². The normalized spacial score (nSPS) is 10.9. The van der Waals surface area contributed by atoms with E-state index in [0.29, 0.717) is 13.2 Å². The maximum atomic E-state index is 5.79. The third kappa shape index (κ3) is 2.69. The molecule has 0 aliphatic carbocycles. The summed E-state index contributed by atoms with van der Waals surface area (Å²) in [5.74, 6) is 0.791. The SMILES string of the molecule is NCc1ccc(OCc2cn3ccccc3n2)c(Br)c1. The molecule has 0 spiro atoms. The van der Waals surface area contributed by atoms with Crippen molar-refractivity contribution < 1.29 is 4.74 Å². The molecule has 0 radical (unpaired) electrons. The van der Waals surface area contributed by atoms with Crippen LogP contribution >= 0.6 is 15.9 Å². The molecule has 2 N–H and O–H groups in total. The first-order chi connectivity index (χ1) is 9.76. The maximum absolute atomic E-state index is 5.79. The second kappa shape index (κ2) is 5.64. The minimum atomic E-state index is 0.433. The van der Waals surface area contributed by atoms with Gasteiger partial charge in [0.05, 0.1) is 10.2 Å². The molecule has 0 atom stereocenters. The molecule has 0 aliphatic heterocycles. The largest absolute Gasteiger partial charge is 0.486 e. The Labute approximate surface area is 125 Å². The number of hydrogen-bond donors (Lipinski definition) is 1. The minimum Gasteiger partial charge on any atom is -0.486 e. The van der Waals surface area contributed by atoms with Gasteiger partial charge >= 0.3 is 0 Å². The van der Waals surface area contributed by atoms with Crippen molar-refractivity contribution in [2.24, 2.45) is 5.73 Å². The Kier molecular flexibility index (Phi) is 3.71. The first-order valence-electron chi connectivity index (χ1n) is 6.30. The van der Waals surface area contributed by atoms with Gasteiger partial charge in [0.15, 0.2) is 0 Å². The van der Waals surface area contributed by atoms with Crippen molar-refractivity contribution in [3.63, 3.8) is 0 Å². The smallest absolute Gasteiger partial charge is 0.137 e. The Bertz CT molecular complexity index is 706. The summed E-state index contributed by atoms with van der Waals surface area (Å²) in [6.07, 6.45) is 3.94. The number of ether oxygens (including phenoxy) is 1. The molecule has 0 saturated carbocycles. The zero-order chi connectivity index (χ0) is 13.9. The van der Waals surface area contributed by atoms with Crippen LogP contribution in [0.15, 0.2) is 53.3 Å². The van der Waals surface area contributed by atoms with Crippen molar-refractivity contribution in [3.05, 3.63) is 64.5 Å². The molecule has 102 valence electrons. The van der Waals surface area contributed by atoms with E-state index in [4.69, 9.17) is 10.5 Å². The Balaban J connectivity index is 1.75. The molecule has 3 aromatic rings. The molecule has 5 heteroatoms. The predicted octanol–water partition coefficient (Wildman–Crippen LogP) is 3.13. The fourth-order valence-corrected chi connectivity index (χ4v) is 2.54. The summed E-state index contributed by atoms with van der Waals surface area (Å²) < 4.78 is 8.67. The van der Waals surface area contributed by atoms with Gasteiger partial charge in [0, 0.05) is 18.9 Å². The van der Waals surface area contributed by atoms with Crippen LogP contribution in [-0.4, -0.2) is 9.38 Å². The van der Waals surface area contributed by atoms with Gasteiger partial charge in [-0.2, -0.15) is 0 Å². The van der Waals surface area contributed by atoms with Crippen molar-refractivity contribution in [3.8, 4) is 5.75 Å². The highest BCUT2D eigenvalue weighted by atomic mass is 79.9. The average Bonchev–Trinajstić information content (AvgIpc) is 2.88. The predicted molar refractivity (Wildman–Crippen MR) is 81.6 cm³/mol. The molecule has 3 rings (SSSR count). The van der Waals surface area contributed by atoms with Gasteiger partial charge < -0.3 is 14.9 Å². The topological polar surface area (TPSA) is 52.5 Å². The van der Waals surface area contributed by atoms with E-state index in [1.807, 2.05) is 53.2 Å². The van der Waals surface area contributed by atoms with Crippen LogP contribution in [0.25, 0.3) is 5.65 Å². The van der Waals surface area contributed by atoms with Crippen LogP contribution in [0.3, 0.4) is 0 Å². The lowest BCUT2D eigenvalue weighted by Gasteiger charge is -2.07. The van der Waals surface area contributed by atoms with Crippen molar-refractivity contribution in [2.45, 2.75) is 13.2 Å². The summed E-state index contributed by atoms with van der Waals surface area (Å²) >= 11 is 3.49. The third-order valence-electron chi connectivity index (χ3n) is 3.02. The summed E-state index contributed by atoms with van der Waals surface area (Å²) in [6, 6.07) is 11.8. The number of imidazole rings is 1. The quantitative estimate of drug-likeness (QED) is 0.799. The fourth-order valence-electron chi connectivity index (χ4n) is 2.00. The Morgan fingerprint density at radius 1 is 1.25 bits per heavy atom. The third-order valence-corrected chi connectivity index (χ3v) is 3.64. The Hall–Kier alpha value is -1.85.